The molecule has 1 fully saturated rings. The lowest BCUT2D eigenvalue weighted by molar-refractivity contribution is -0.131. The highest BCUT2D eigenvalue weighted by atomic mass is 79.9. The lowest BCUT2D eigenvalue weighted by Gasteiger charge is -2.20. The number of nitrogens with one attached hydrogen (secondary N) is 1. The van der Waals surface area contributed by atoms with Crippen LogP contribution in [0.15, 0.2) is 4.47 Å². The molecule has 0 saturated carbocycles. The van der Waals surface area contributed by atoms with Crippen LogP contribution < -0.4 is 5.32 Å². The van der Waals surface area contributed by atoms with Crippen LogP contribution in [0.3, 0.4) is 0 Å². The van der Waals surface area contributed by atoms with Crippen molar-refractivity contribution in [3.63, 3.8) is 0 Å². The minimum atomic E-state index is -0.533. The van der Waals surface area contributed by atoms with E-state index in [4.69, 9.17) is 0 Å². The molecule has 0 bridgehead atoms. The van der Waals surface area contributed by atoms with Crippen molar-refractivity contribution < 1.29 is 9.59 Å². The van der Waals surface area contributed by atoms with Crippen molar-refractivity contribution >= 4 is 27.7 Å². The Hall–Kier alpha value is -1.37. The molecular weight excluding hydrogens is 324 g/mol. The van der Waals surface area contributed by atoms with Crippen LogP contribution in [0.4, 0.5) is 0 Å². The van der Waals surface area contributed by atoms with Crippen molar-refractivity contribution in [3.05, 3.63) is 15.9 Å². The van der Waals surface area contributed by atoms with Crippen LogP contribution >= 0.6 is 15.9 Å². The van der Waals surface area contributed by atoms with Gasteiger partial charge in [-0.15, -0.1) is 0 Å². The molecule has 0 aliphatic carbocycles. The average Bonchev–Trinajstić information content (AvgIpc) is 3.02. The molecule has 0 radical (unpaired) electrons. The summed E-state index contributed by atoms with van der Waals surface area (Å²) in [7, 11) is 1.77. The van der Waals surface area contributed by atoms with Crippen molar-refractivity contribution in [1.82, 2.24) is 20.0 Å². The first-order valence-corrected chi connectivity index (χ1v) is 7.50. The molecule has 7 heteroatoms. The second kappa shape index (κ2) is 5.95. The number of carbonyl (C=O) groups is 2. The minimum absolute atomic E-state index is 0.0281. The molecule has 2 heterocycles. The Morgan fingerprint density at radius 3 is 2.45 bits per heavy atom. The van der Waals surface area contributed by atoms with E-state index < -0.39 is 6.04 Å². The van der Waals surface area contributed by atoms with Gasteiger partial charge in [-0.2, -0.15) is 5.10 Å². The summed E-state index contributed by atoms with van der Waals surface area (Å²) in [5, 5.41) is 6.87. The van der Waals surface area contributed by atoms with E-state index >= 15 is 0 Å². The van der Waals surface area contributed by atoms with E-state index in [0.717, 1.165) is 31.6 Å². The van der Waals surface area contributed by atoms with Gasteiger partial charge in [-0.3, -0.25) is 14.3 Å². The molecule has 1 aromatic heterocycles. The Kier molecular flexibility index (Phi) is 4.47. The van der Waals surface area contributed by atoms with E-state index in [1.165, 1.54) is 0 Å². The van der Waals surface area contributed by atoms with Crippen LogP contribution in [0.5, 0.6) is 0 Å². The normalized spacial score (nSPS) is 16.3. The number of rotatable bonds is 3. The third kappa shape index (κ3) is 2.87. The van der Waals surface area contributed by atoms with Gasteiger partial charge in [0.2, 0.25) is 5.91 Å². The van der Waals surface area contributed by atoms with Crippen LogP contribution in [0.1, 0.15) is 35.9 Å². The van der Waals surface area contributed by atoms with E-state index in [0.29, 0.717) is 10.2 Å². The largest absolute Gasteiger partial charge is 0.341 e. The van der Waals surface area contributed by atoms with E-state index in [-0.39, 0.29) is 11.8 Å². The summed E-state index contributed by atoms with van der Waals surface area (Å²) < 4.78 is 2.30. The van der Waals surface area contributed by atoms with Crippen LogP contribution in [-0.4, -0.2) is 45.6 Å². The van der Waals surface area contributed by atoms with Gasteiger partial charge >= 0.3 is 0 Å². The number of aryl methyl sites for hydroxylation is 1. The Labute approximate surface area is 126 Å². The molecule has 0 aromatic carbocycles. The SMILES string of the molecule is Cc1c(Br)c(C(=O)N[C@@H](C)C(=O)N2CCCC2)nn1C. The molecule has 2 amide bonds. The van der Waals surface area contributed by atoms with Crippen LogP contribution in [-0.2, 0) is 11.8 Å². The second-order valence-electron chi connectivity index (χ2n) is 5.10. The van der Waals surface area contributed by atoms with Gasteiger partial charge in [-0.25, -0.2) is 0 Å². The maximum absolute atomic E-state index is 12.2. The Morgan fingerprint density at radius 2 is 1.95 bits per heavy atom. The molecule has 1 aliphatic heterocycles. The smallest absolute Gasteiger partial charge is 0.273 e. The standard InChI is InChI=1S/C13H19BrN4O2/c1-8(13(20)18-6-4-5-7-18)15-12(19)11-10(14)9(2)17(3)16-11/h8H,4-7H2,1-3H3,(H,15,19)/t8-/m0/s1. The molecule has 0 spiro atoms. The van der Waals surface area contributed by atoms with Crippen LogP contribution in [0, 0.1) is 6.92 Å². The van der Waals surface area contributed by atoms with E-state index in [1.54, 1.807) is 23.6 Å². The van der Waals surface area contributed by atoms with E-state index in [1.807, 2.05) is 6.92 Å². The van der Waals surface area contributed by atoms with Crippen molar-refractivity contribution in [1.29, 1.82) is 0 Å². The van der Waals surface area contributed by atoms with E-state index in [9.17, 15) is 9.59 Å². The molecule has 1 aliphatic rings. The van der Waals surface area contributed by atoms with E-state index in [2.05, 4.69) is 26.3 Å². The van der Waals surface area contributed by atoms with Gasteiger partial charge in [0.05, 0.1) is 10.2 Å². The van der Waals surface area contributed by atoms with Crippen molar-refractivity contribution in [3.8, 4) is 0 Å². The number of nitrogens with zero attached hydrogens (tertiary/aromatic N) is 3. The molecule has 1 atom stereocenters. The number of amides is 2. The number of carbonyl (C=O) groups excluding carboxylic acids is 2. The summed E-state index contributed by atoms with van der Waals surface area (Å²) in [6, 6.07) is -0.533. The zero-order valence-electron chi connectivity index (χ0n) is 11.9. The lowest BCUT2D eigenvalue weighted by Crippen LogP contribution is -2.46. The monoisotopic (exact) mass is 342 g/mol. The third-order valence-electron chi connectivity index (χ3n) is 3.61. The Morgan fingerprint density at radius 1 is 1.35 bits per heavy atom. The van der Waals surface area contributed by atoms with Gasteiger partial charge in [0.25, 0.3) is 5.91 Å². The predicted molar refractivity (Wildman–Crippen MR) is 78.4 cm³/mol. The molecule has 1 N–H and O–H groups in total. The average molecular weight is 343 g/mol. The first-order chi connectivity index (χ1) is 9.41. The fourth-order valence-electron chi connectivity index (χ4n) is 2.27. The van der Waals surface area contributed by atoms with Crippen molar-refractivity contribution in [2.75, 3.05) is 13.1 Å². The summed E-state index contributed by atoms with van der Waals surface area (Å²) in [5.74, 6) is -0.361. The highest BCUT2D eigenvalue weighted by molar-refractivity contribution is 9.10. The number of hydrogen-bond acceptors (Lipinski definition) is 3. The third-order valence-corrected chi connectivity index (χ3v) is 4.56. The Balaban J connectivity index is 2.03. The minimum Gasteiger partial charge on any atom is -0.341 e. The first-order valence-electron chi connectivity index (χ1n) is 6.70. The molecule has 2 rings (SSSR count). The second-order valence-corrected chi connectivity index (χ2v) is 5.89. The van der Waals surface area contributed by atoms with Crippen LogP contribution in [0.2, 0.25) is 0 Å². The summed E-state index contributed by atoms with van der Waals surface area (Å²) in [5.41, 5.74) is 1.18. The van der Waals surface area contributed by atoms with Gasteiger partial charge in [-0.1, -0.05) is 0 Å². The van der Waals surface area contributed by atoms with Gasteiger partial charge in [0, 0.05) is 20.1 Å². The summed E-state index contributed by atoms with van der Waals surface area (Å²) in [6.45, 7) is 5.14. The summed E-state index contributed by atoms with van der Waals surface area (Å²) in [6.07, 6.45) is 2.08. The van der Waals surface area contributed by atoms with Gasteiger partial charge in [0.15, 0.2) is 5.69 Å². The molecule has 1 saturated heterocycles. The van der Waals surface area contributed by atoms with Gasteiger partial charge < -0.3 is 10.2 Å². The zero-order chi connectivity index (χ0) is 14.9. The highest BCUT2D eigenvalue weighted by Crippen LogP contribution is 2.20. The topological polar surface area (TPSA) is 67.2 Å². The number of hydrogen-bond donors (Lipinski definition) is 1. The molecule has 20 heavy (non-hydrogen) atoms. The van der Waals surface area contributed by atoms with Crippen LogP contribution in [0.25, 0.3) is 0 Å². The number of likely N-dealkylation sites (tertiary alicyclic amines) is 1. The van der Waals surface area contributed by atoms with Gasteiger partial charge in [0.1, 0.15) is 6.04 Å². The summed E-state index contributed by atoms with van der Waals surface area (Å²) >= 11 is 3.36. The predicted octanol–water partition coefficient (Wildman–Crippen LogP) is 1.23. The molecule has 110 valence electrons. The number of aromatic nitrogens is 2. The van der Waals surface area contributed by atoms with Crippen molar-refractivity contribution in [2.24, 2.45) is 7.05 Å². The zero-order valence-corrected chi connectivity index (χ0v) is 13.5. The lowest BCUT2D eigenvalue weighted by atomic mass is 10.2. The Bertz CT molecular complexity index is 535. The summed E-state index contributed by atoms with van der Waals surface area (Å²) in [4.78, 5) is 26.1. The maximum atomic E-state index is 12.2. The first kappa shape index (κ1) is 15.0. The highest BCUT2D eigenvalue weighted by Gasteiger charge is 2.26. The van der Waals surface area contributed by atoms with Crippen molar-refractivity contribution in [2.45, 2.75) is 32.7 Å². The molecule has 1 aromatic rings. The molecular formula is C13H19BrN4O2. The van der Waals surface area contributed by atoms with Gasteiger partial charge in [-0.05, 0) is 42.6 Å². The fourth-order valence-corrected chi connectivity index (χ4v) is 2.78. The molecule has 6 nitrogen and oxygen atoms in total. The number of halogens is 1. The fraction of sp³-hybridized carbons (Fsp3) is 0.615. The molecule has 0 unspecified atom stereocenters. The quantitative estimate of drug-likeness (QED) is 0.898. The maximum Gasteiger partial charge on any atom is 0.273 e.